The molecule has 8 heteroatoms. The van der Waals surface area contributed by atoms with Gasteiger partial charge in [-0.3, -0.25) is 0 Å². The van der Waals surface area contributed by atoms with Crippen molar-refractivity contribution in [3.05, 3.63) is 29.6 Å². The van der Waals surface area contributed by atoms with Crippen molar-refractivity contribution in [1.29, 1.82) is 0 Å². The molecule has 3 N–H and O–H groups in total. The molecule has 0 spiro atoms. The van der Waals surface area contributed by atoms with Crippen molar-refractivity contribution in [2.24, 2.45) is 4.99 Å². The second kappa shape index (κ2) is 13.4. The first kappa shape index (κ1) is 24.4. The summed E-state index contributed by atoms with van der Waals surface area (Å²) in [4.78, 5) is 8.85. The molecular weight excluding hydrogens is 385 g/mol. The van der Waals surface area contributed by atoms with Gasteiger partial charge >= 0.3 is 0 Å². The summed E-state index contributed by atoms with van der Waals surface area (Å²) in [5.41, 5.74) is 1.44. The minimum atomic E-state index is -0.264. The molecule has 1 fully saturated rings. The minimum absolute atomic E-state index is 0.227. The molecule has 1 saturated heterocycles. The van der Waals surface area contributed by atoms with Gasteiger partial charge in [-0.2, -0.15) is 0 Å². The van der Waals surface area contributed by atoms with Gasteiger partial charge in [-0.1, -0.05) is 6.07 Å². The Hall–Kier alpha value is -1.90. The van der Waals surface area contributed by atoms with Gasteiger partial charge in [0.1, 0.15) is 5.82 Å². The summed E-state index contributed by atoms with van der Waals surface area (Å²) in [6, 6.07) is 5.32. The number of aliphatic imine (C=N–C) groups is 1. The van der Waals surface area contributed by atoms with Crippen molar-refractivity contribution in [1.82, 2.24) is 15.5 Å². The number of guanidine groups is 1. The van der Waals surface area contributed by atoms with Crippen LogP contribution in [-0.4, -0.2) is 82.1 Å². The standard InChI is InChI=1S/C22H38FN5O2/c1-4-24-22(25-10-14-27(2)11-5-15-30-3)26-17-18-6-7-21(20(23)16-18)28-12-8-19(29)9-13-28/h6-7,16,19,29H,4-5,8-15,17H2,1-3H3,(H2,24,25,26). The molecule has 1 aliphatic heterocycles. The van der Waals surface area contributed by atoms with Crippen LogP contribution in [0.25, 0.3) is 0 Å². The third kappa shape index (κ3) is 8.45. The number of ether oxygens (including phenoxy) is 1. The number of nitrogens with zero attached hydrogens (tertiary/aromatic N) is 3. The average molecular weight is 424 g/mol. The van der Waals surface area contributed by atoms with Crippen molar-refractivity contribution in [3.63, 3.8) is 0 Å². The van der Waals surface area contributed by atoms with Crippen LogP contribution in [0.15, 0.2) is 23.2 Å². The van der Waals surface area contributed by atoms with Gasteiger partial charge in [-0.05, 0) is 50.9 Å². The monoisotopic (exact) mass is 423 g/mol. The van der Waals surface area contributed by atoms with E-state index in [1.54, 1.807) is 13.2 Å². The molecule has 0 atom stereocenters. The van der Waals surface area contributed by atoms with Gasteiger partial charge in [0.2, 0.25) is 0 Å². The van der Waals surface area contributed by atoms with Crippen molar-refractivity contribution >= 4 is 11.6 Å². The number of methoxy groups -OCH3 is 1. The number of anilines is 1. The minimum Gasteiger partial charge on any atom is -0.393 e. The highest BCUT2D eigenvalue weighted by molar-refractivity contribution is 5.79. The van der Waals surface area contributed by atoms with E-state index in [0.29, 0.717) is 38.2 Å². The van der Waals surface area contributed by atoms with Crippen LogP contribution >= 0.6 is 0 Å². The van der Waals surface area contributed by atoms with E-state index in [9.17, 15) is 9.50 Å². The molecule has 1 aromatic rings. The van der Waals surface area contributed by atoms with Crippen LogP contribution in [0.3, 0.4) is 0 Å². The molecule has 170 valence electrons. The maximum absolute atomic E-state index is 14.6. The first-order chi connectivity index (χ1) is 14.5. The molecule has 0 bridgehead atoms. The van der Waals surface area contributed by atoms with Gasteiger partial charge in [0, 0.05) is 53.0 Å². The first-order valence-electron chi connectivity index (χ1n) is 10.9. The zero-order valence-corrected chi connectivity index (χ0v) is 18.7. The average Bonchev–Trinajstić information content (AvgIpc) is 2.73. The lowest BCUT2D eigenvalue weighted by Gasteiger charge is -2.31. The molecule has 30 heavy (non-hydrogen) atoms. The summed E-state index contributed by atoms with van der Waals surface area (Å²) in [5, 5.41) is 16.2. The Labute approximate surface area is 180 Å². The number of likely N-dealkylation sites (N-methyl/N-ethyl adjacent to an activating group) is 1. The number of hydrogen-bond donors (Lipinski definition) is 3. The lowest BCUT2D eigenvalue weighted by Crippen LogP contribution is -2.41. The predicted molar refractivity (Wildman–Crippen MR) is 121 cm³/mol. The molecule has 0 unspecified atom stereocenters. The number of benzene rings is 1. The second-order valence-electron chi connectivity index (χ2n) is 7.78. The van der Waals surface area contributed by atoms with E-state index >= 15 is 0 Å². The molecule has 0 aliphatic carbocycles. The highest BCUT2D eigenvalue weighted by Gasteiger charge is 2.19. The Balaban J connectivity index is 1.85. The van der Waals surface area contributed by atoms with E-state index in [0.717, 1.165) is 50.7 Å². The second-order valence-corrected chi connectivity index (χ2v) is 7.78. The lowest BCUT2D eigenvalue weighted by atomic mass is 10.1. The van der Waals surface area contributed by atoms with Crippen molar-refractivity contribution in [2.75, 3.05) is 64.9 Å². The van der Waals surface area contributed by atoms with E-state index in [1.165, 1.54) is 0 Å². The third-order valence-electron chi connectivity index (χ3n) is 5.26. The summed E-state index contributed by atoms with van der Waals surface area (Å²) in [6.45, 7) is 8.03. The van der Waals surface area contributed by atoms with Gasteiger partial charge in [-0.25, -0.2) is 9.38 Å². The smallest absolute Gasteiger partial charge is 0.191 e. The molecule has 0 aromatic heterocycles. The molecular formula is C22H38FN5O2. The van der Waals surface area contributed by atoms with Crippen molar-refractivity contribution in [3.8, 4) is 0 Å². The summed E-state index contributed by atoms with van der Waals surface area (Å²) in [7, 11) is 3.81. The topological polar surface area (TPSA) is 72.4 Å². The fraction of sp³-hybridized carbons (Fsp3) is 0.682. The van der Waals surface area contributed by atoms with Gasteiger partial charge in [0.15, 0.2) is 5.96 Å². The molecule has 1 aromatic carbocycles. The maximum Gasteiger partial charge on any atom is 0.191 e. The summed E-state index contributed by atoms with van der Waals surface area (Å²) >= 11 is 0. The molecule has 1 heterocycles. The third-order valence-corrected chi connectivity index (χ3v) is 5.26. The van der Waals surface area contributed by atoms with Gasteiger partial charge in [0.25, 0.3) is 0 Å². The Morgan fingerprint density at radius 1 is 1.30 bits per heavy atom. The number of hydrogen-bond acceptors (Lipinski definition) is 5. The Bertz CT molecular complexity index is 650. The zero-order chi connectivity index (χ0) is 21.8. The number of halogens is 1. The molecule has 1 aliphatic rings. The Kier molecular flexibility index (Phi) is 10.9. The van der Waals surface area contributed by atoms with Gasteiger partial charge < -0.3 is 30.3 Å². The molecule has 7 nitrogen and oxygen atoms in total. The van der Waals surface area contributed by atoms with Crippen LogP contribution in [-0.2, 0) is 11.3 Å². The van der Waals surface area contributed by atoms with Crippen molar-refractivity contribution in [2.45, 2.75) is 38.8 Å². The largest absolute Gasteiger partial charge is 0.393 e. The van der Waals surface area contributed by atoms with Crippen LogP contribution in [0.2, 0.25) is 0 Å². The molecule has 0 saturated carbocycles. The predicted octanol–water partition coefficient (Wildman–Crippen LogP) is 1.81. The molecule has 0 amide bonds. The number of nitrogens with one attached hydrogen (secondary N) is 2. The number of aliphatic hydroxyl groups excluding tert-OH is 1. The van der Waals surface area contributed by atoms with Crippen molar-refractivity contribution < 1.29 is 14.2 Å². The highest BCUT2D eigenvalue weighted by Crippen LogP contribution is 2.24. The van der Waals surface area contributed by atoms with Crippen LogP contribution in [0.1, 0.15) is 31.7 Å². The van der Waals surface area contributed by atoms with Gasteiger partial charge in [-0.15, -0.1) is 0 Å². The van der Waals surface area contributed by atoms with E-state index in [2.05, 4.69) is 27.6 Å². The van der Waals surface area contributed by atoms with Crippen LogP contribution in [0.4, 0.5) is 10.1 Å². The van der Waals surface area contributed by atoms with Crippen LogP contribution in [0.5, 0.6) is 0 Å². The van der Waals surface area contributed by atoms with Gasteiger partial charge in [0.05, 0.1) is 18.3 Å². The fourth-order valence-electron chi connectivity index (χ4n) is 3.48. The van der Waals surface area contributed by atoms with Crippen LogP contribution in [0, 0.1) is 5.82 Å². The summed E-state index contributed by atoms with van der Waals surface area (Å²) < 4.78 is 19.7. The van der Waals surface area contributed by atoms with E-state index < -0.39 is 0 Å². The Morgan fingerprint density at radius 2 is 2.07 bits per heavy atom. The van der Waals surface area contributed by atoms with E-state index in [-0.39, 0.29) is 11.9 Å². The number of piperidine rings is 1. The van der Waals surface area contributed by atoms with E-state index in [4.69, 9.17) is 4.74 Å². The van der Waals surface area contributed by atoms with E-state index in [1.807, 2.05) is 24.0 Å². The summed E-state index contributed by atoms with van der Waals surface area (Å²) in [6.07, 6.45) is 2.12. The maximum atomic E-state index is 14.6. The number of aliphatic hydroxyl groups is 1. The molecule has 2 rings (SSSR count). The summed E-state index contributed by atoms with van der Waals surface area (Å²) in [5.74, 6) is 0.507. The van der Waals surface area contributed by atoms with Crippen LogP contribution < -0.4 is 15.5 Å². The number of rotatable bonds is 11. The fourth-order valence-corrected chi connectivity index (χ4v) is 3.48. The SMILES string of the molecule is CCNC(=NCc1ccc(N2CCC(O)CC2)c(F)c1)NCCN(C)CCCOC. The molecule has 0 radical (unpaired) electrons. The lowest BCUT2D eigenvalue weighted by molar-refractivity contribution is 0.145. The normalized spacial score (nSPS) is 15.7. The quantitative estimate of drug-likeness (QED) is 0.286. The zero-order valence-electron chi connectivity index (χ0n) is 18.7. The first-order valence-corrected chi connectivity index (χ1v) is 10.9. The Morgan fingerprint density at radius 3 is 2.73 bits per heavy atom. The highest BCUT2D eigenvalue weighted by atomic mass is 19.1.